The third kappa shape index (κ3) is 3.47. The summed E-state index contributed by atoms with van der Waals surface area (Å²) in [6.45, 7) is 11.0. The van der Waals surface area contributed by atoms with Crippen molar-refractivity contribution in [2.45, 2.75) is 90.3 Å². The van der Waals surface area contributed by atoms with E-state index in [0.717, 1.165) is 31.9 Å². The van der Waals surface area contributed by atoms with Crippen LogP contribution in [0.3, 0.4) is 0 Å². The second-order valence-corrected chi connectivity index (χ2v) is 11.0. The van der Waals surface area contributed by atoms with Crippen LogP contribution in [0.25, 0.3) is 0 Å². The Bertz CT molecular complexity index is 762. The zero-order chi connectivity index (χ0) is 21.0. The largest absolute Gasteiger partial charge is 0.332 e. The van der Waals surface area contributed by atoms with Crippen LogP contribution in [0, 0.1) is 23.7 Å². The van der Waals surface area contributed by atoms with E-state index in [1.54, 1.807) is 0 Å². The van der Waals surface area contributed by atoms with Gasteiger partial charge in [-0.25, -0.2) is 9.97 Å². The summed E-state index contributed by atoms with van der Waals surface area (Å²) in [5, 5.41) is 0. The Morgan fingerprint density at radius 1 is 0.933 bits per heavy atom. The van der Waals surface area contributed by atoms with Gasteiger partial charge in [0.15, 0.2) is 0 Å². The minimum Gasteiger partial charge on any atom is -0.332 e. The van der Waals surface area contributed by atoms with E-state index in [1.165, 1.54) is 31.2 Å². The predicted molar refractivity (Wildman–Crippen MR) is 120 cm³/mol. The second kappa shape index (κ2) is 7.89. The molecule has 5 heteroatoms. The Kier molecular flexibility index (Phi) is 5.37. The van der Waals surface area contributed by atoms with Gasteiger partial charge in [-0.05, 0) is 75.7 Å². The van der Waals surface area contributed by atoms with Crippen LogP contribution in [0.2, 0.25) is 0 Å². The van der Waals surface area contributed by atoms with Crippen molar-refractivity contribution in [2.75, 3.05) is 18.0 Å². The molecule has 6 atom stereocenters. The van der Waals surface area contributed by atoms with Crippen LogP contribution in [0.15, 0.2) is 12.4 Å². The maximum atomic E-state index is 12.6. The summed E-state index contributed by atoms with van der Waals surface area (Å²) in [5.41, 5.74) is 1.30. The molecular formula is C25H38N4O. The number of ketones is 1. The zero-order valence-corrected chi connectivity index (χ0v) is 19.1. The molecular weight excluding hydrogens is 372 g/mol. The lowest BCUT2D eigenvalue weighted by Gasteiger charge is -2.47. The van der Waals surface area contributed by atoms with Gasteiger partial charge < -0.3 is 4.90 Å². The number of likely N-dealkylation sites (tertiary alicyclic amines) is 1. The number of piperazine rings is 1. The minimum atomic E-state index is 0.168. The number of hydrogen-bond acceptors (Lipinski definition) is 5. The van der Waals surface area contributed by atoms with Crippen molar-refractivity contribution in [3.8, 4) is 0 Å². The highest BCUT2D eigenvalue weighted by Crippen LogP contribution is 2.53. The summed E-state index contributed by atoms with van der Waals surface area (Å²) in [6.07, 6.45) is 11.5. The van der Waals surface area contributed by atoms with Crippen molar-refractivity contribution in [3.63, 3.8) is 0 Å². The SMILES string of the molecule is CC(C)C(=O)C1CC2CCC1C[C@H]2c1cnc(N2C3CCC2CN(C(C)C)C3)nc1. The van der Waals surface area contributed by atoms with Gasteiger partial charge in [0, 0.05) is 55.4 Å². The monoisotopic (exact) mass is 410 g/mol. The summed E-state index contributed by atoms with van der Waals surface area (Å²) in [7, 11) is 0. The standard InChI is InChI=1S/C25H38N4O/c1-15(2)24(30)23-10-17-5-6-18(23)9-22(17)19-11-26-25(27-12-19)29-20-7-8-21(29)14-28(13-20)16(3)4/h11-12,15-18,20-23H,5-10,13-14H2,1-4H3/t17?,18?,20?,21?,22-,23?/m1/s1. The molecule has 5 nitrogen and oxygen atoms in total. The smallest absolute Gasteiger partial charge is 0.225 e. The number of carbonyl (C=O) groups excluding carboxylic acids is 1. The van der Waals surface area contributed by atoms with Crippen LogP contribution in [-0.2, 0) is 4.79 Å². The van der Waals surface area contributed by atoms with Crippen LogP contribution in [0.4, 0.5) is 5.95 Å². The molecule has 0 aromatic carbocycles. The summed E-state index contributed by atoms with van der Waals surface area (Å²) >= 11 is 0. The summed E-state index contributed by atoms with van der Waals surface area (Å²) in [4.78, 5) is 27.5. The normalized spacial score (nSPS) is 36.1. The summed E-state index contributed by atoms with van der Waals surface area (Å²) < 4.78 is 0. The maximum absolute atomic E-state index is 12.6. The average molecular weight is 411 g/mol. The van der Waals surface area contributed by atoms with E-state index in [4.69, 9.17) is 9.97 Å². The van der Waals surface area contributed by atoms with Gasteiger partial charge in [-0.2, -0.15) is 0 Å². The van der Waals surface area contributed by atoms with Gasteiger partial charge in [0.1, 0.15) is 5.78 Å². The molecule has 3 aliphatic carbocycles. The highest BCUT2D eigenvalue weighted by Gasteiger charge is 2.46. The first-order chi connectivity index (χ1) is 14.4. The molecule has 0 spiro atoms. The van der Waals surface area contributed by atoms with Crippen molar-refractivity contribution >= 4 is 11.7 Å². The average Bonchev–Trinajstić information content (AvgIpc) is 3.02. The molecule has 3 heterocycles. The molecule has 0 amide bonds. The second-order valence-electron chi connectivity index (χ2n) is 11.0. The van der Waals surface area contributed by atoms with Crippen molar-refractivity contribution in [2.24, 2.45) is 23.7 Å². The summed E-state index contributed by atoms with van der Waals surface area (Å²) in [6, 6.07) is 1.74. The number of Topliss-reactive ketones (excluding diaryl/α,β-unsaturated/α-hetero) is 1. The summed E-state index contributed by atoms with van der Waals surface area (Å²) in [5.74, 6) is 3.63. The lowest BCUT2D eigenvalue weighted by Crippen LogP contribution is -2.56. The maximum Gasteiger partial charge on any atom is 0.225 e. The Morgan fingerprint density at radius 3 is 2.10 bits per heavy atom. The van der Waals surface area contributed by atoms with Crippen LogP contribution >= 0.6 is 0 Å². The molecule has 1 aromatic heterocycles. The van der Waals surface area contributed by atoms with E-state index in [-0.39, 0.29) is 5.92 Å². The quantitative estimate of drug-likeness (QED) is 0.725. The van der Waals surface area contributed by atoms with Gasteiger partial charge in [-0.1, -0.05) is 13.8 Å². The van der Waals surface area contributed by atoms with Crippen LogP contribution in [0.5, 0.6) is 0 Å². The third-order valence-electron chi connectivity index (χ3n) is 8.65. The molecule has 5 fully saturated rings. The van der Waals surface area contributed by atoms with Gasteiger partial charge in [-0.15, -0.1) is 0 Å². The third-order valence-corrected chi connectivity index (χ3v) is 8.65. The number of fused-ring (bicyclic) bond motifs is 5. The molecule has 2 saturated heterocycles. The molecule has 6 rings (SSSR count). The highest BCUT2D eigenvalue weighted by molar-refractivity contribution is 5.83. The van der Waals surface area contributed by atoms with Crippen molar-refractivity contribution in [3.05, 3.63) is 18.0 Å². The Morgan fingerprint density at radius 2 is 1.57 bits per heavy atom. The topological polar surface area (TPSA) is 49.3 Å². The number of aromatic nitrogens is 2. The number of anilines is 1. The molecule has 2 aliphatic heterocycles. The molecule has 1 aromatic rings. The van der Waals surface area contributed by atoms with Crippen LogP contribution in [-0.4, -0.2) is 51.9 Å². The van der Waals surface area contributed by atoms with Gasteiger partial charge in [0.2, 0.25) is 5.95 Å². The fourth-order valence-corrected chi connectivity index (χ4v) is 6.96. The van der Waals surface area contributed by atoms with E-state index in [1.807, 2.05) is 0 Å². The van der Waals surface area contributed by atoms with Crippen LogP contribution < -0.4 is 4.90 Å². The first kappa shape index (κ1) is 20.4. The molecule has 0 N–H and O–H groups in total. The number of nitrogens with zero attached hydrogens (tertiary/aromatic N) is 4. The van der Waals surface area contributed by atoms with E-state index >= 15 is 0 Å². The van der Waals surface area contributed by atoms with E-state index in [9.17, 15) is 4.79 Å². The van der Waals surface area contributed by atoms with E-state index in [2.05, 4.69) is 49.9 Å². The number of carbonyl (C=O) groups is 1. The molecule has 30 heavy (non-hydrogen) atoms. The van der Waals surface area contributed by atoms with Gasteiger partial charge in [0.05, 0.1) is 0 Å². The number of hydrogen-bond donors (Lipinski definition) is 0. The van der Waals surface area contributed by atoms with Gasteiger partial charge in [0.25, 0.3) is 0 Å². The van der Waals surface area contributed by atoms with E-state index < -0.39 is 0 Å². The molecule has 3 saturated carbocycles. The molecule has 4 bridgehead atoms. The lowest BCUT2D eigenvalue weighted by atomic mass is 9.57. The van der Waals surface area contributed by atoms with Gasteiger partial charge in [-0.3, -0.25) is 9.69 Å². The van der Waals surface area contributed by atoms with Crippen LogP contribution in [0.1, 0.15) is 77.7 Å². The van der Waals surface area contributed by atoms with Crippen molar-refractivity contribution in [1.82, 2.24) is 14.9 Å². The van der Waals surface area contributed by atoms with E-state index in [0.29, 0.717) is 47.6 Å². The molecule has 0 radical (unpaired) electrons. The Labute approximate surface area is 181 Å². The predicted octanol–water partition coefficient (Wildman–Crippen LogP) is 4.28. The first-order valence-electron chi connectivity index (χ1n) is 12.3. The Balaban J connectivity index is 1.28. The lowest BCUT2D eigenvalue weighted by molar-refractivity contribution is -0.131. The zero-order valence-electron chi connectivity index (χ0n) is 19.1. The molecule has 5 unspecified atom stereocenters. The fraction of sp³-hybridized carbons (Fsp3) is 0.800. The fourth-order valence-electron chi connectivity index (χ4n) is 6.96. The van der Waals surface area contributed by atoms with Crippen molar-refractivity contribution < 1.29 is 4.79 Å². The first-order valence-corrected chi connectivity index (χ1v) is 12.3. The number of rotatable bonds is 5. The highest BCUT2D eigenvalue weighted by atomic mass is 16.1. The Hall–Kier alpha value is -1.49. The minimum absolute atomic E-state index is 0.168. The molecule has 5 aliphatic rings. The van der Waals surface area contributed by atoms with Gasteiger partial charge >= 0.3 is 0 Å². The van der Waals surface area contributed by atoms with Crippen molar-refractivity contribution in [1.29, 1.82) is 0 Å². The molecule has 164 valence electrons.